The molecule has 0 heterocycles. The first-order valence-electron chi connectivity index (χ1n) is 37.7. The first-order chi connectivity index (χ1) is 55.5. The van der Waals surface area contributed by atoms with Crippen LogP contribution in [-0.4, -0.2) is 276 Å². The highest BCUT2D eigenvalue weighted by atomic mass is 32.1. The summed E-state index contributed by atoms with van der Waals surface area (Å²) in [5, 5.41) is 87.2. The number of guanidine groups is 2. The minimum absolute atomic E-state index is 0.0130. The number of primary amides is 1. The molecule has 0 aliphatic carbocycles. The molecule has 0 unspecified atom stereocenters. The first kappa shape index (κ1) is 104. The topological polar surface area (TPSA) is 753 Å². The predicted octanol–water partition coefficient (Wildman–Crippen LogP) is -10.2. The number of aliphatic hydroxyl groups is 1. The fraction of sp³-hybridized carbons (Fsp3) is 0.614. The lowest BCUT2D eigenvalue weighted by molar-refractivity contribution is -0.142. The Kier molecular flexibility index (Phi) is 49.3. The van der Waals surface area contributed by atoms with Crippen molar-refractivity contribution >= 4 is 150 Å². The van der Waals surface area contributed by atoms with Crippen LogP contribution in [0.2, 0.25) is 0 Å². The van der Waals surface area contributed by atoms with Gasteiger partial charge in [0.25, 0.3) is 0 Å². The van der Waals surface area contributed by atoms with Gasteiger partial charge in [-0.2, -0.15) is 25.3 Å². The summed E-state index contributed by atoms with van der Waals surface area (Å²) in [5.74, 6) is -22.6. The van der Waals surface area contributed by atoms with Crippen molar-refractivity contribution < 1.29 is 106 Å². The van der Waals surface area contributed by atoms with Crippen LogP contribution in [0.4, 0.5) is 0 Å². The Labute approximate surface area is 691 Å². The average molecular weight is 1710 g/mol. The molecule has 1 rings (SSSR count). The molecule has 660 valence electrons. The summed E-state index contributed by atoms with van der Waals surface area (Å²) >= 11 is 7.88. The quantitative estimate of drug-likeness (QED) is 0.0125. The van der Waals surface area contributed by atoms with E-state index in [1.54, 1.807) is 58.0 Å². The van der Waals surface area contributed by atoms with E-state index in [-0.39, 0.29) is 81.9 Å². The monoisotopic (exact) mass is 1710 g/mol. The summed E-state index contributed by atoms with van der Waals surface area (Å²) in [7, 11) is 0. The maximum atomic E-state index is 14.4. The van der Waals surface area contributed by atoms with Crippen molar-refractivity contribution in [2.45, 2.75) is 192 Å². The zero-order valence-electron chi connectivity index (χ0n) is 66.7. The van der Waals surface area contributed by atoms with E-state index in [1.807, 2.05) is 0 Å². The minimum Gasteiger partial charge on any atom is -0.481 e. The van der Waals surface area contributed by atoms with Gasteiger partial charge in [-0.1, -0.05) is 84.7 Å². The van der Waals surface area contributed by atoms with Crippen LogP contribution >= 0.6 is 25.3 Å². The van der Waals surface area contributed by atoms with E-state index in [1.165, 1.54) is 13.8 Å². The van der Waals surface area contributed by atoms with E-state index < -0.39 is 267 Å². The van der Waals surface area contributed by atoms with Gasteiger partial charge >= 0.3 is 11.9 Å². The lowest BCUT2D eigenvalue weighted by Crippen LogP contribution is -2.61. The van der Waals surface area contributed by atoms with E-state index in [4.69, 9.17) is 33.8 Å². The molecule has 46 nitrogen and oxygen atoms in total. The number of hydrogen-bond donors (Lipinski definition) is 29. The van der Waals surface area contributed by atoms with Crippen molar-refractivity contribution in [3.05, 3.63) is 35.9 Å². The largest absolute Gasteiger partial charge is 0.481 e. The molecule has 0 aliphatic rings. The second kappa shape index (κ2) is 55.8. The molecule has 1 aromatic rings. The summed E-state index contributed by atoms with van der Waals surface area (Å²) in [6.07, 6.45) is -2.18. The standard InChI is InChI=1S/C70H116N24O22S2/c1-8-35(5)55(66(113)83-28-50(98)84-37(7)57(104)88-42(19-20-48(72)96)62(109)92-46(31-95)61(108)82-29-52(100)86-43(23-34(3)4)59(106)81-30-53(101)87-47(33-118)68(115)116)93-64(111)41(18-14-22-78-70(75)76)89-65(112)45(25-54(102)103)91-67(114)56(36(6)9-2)94-63(110)40(17-13-21-77-69(73)74)85-51(99)27-79-49(97)26-80-60(107)44(90-58(105)39(71)32-117)24-38-15-11-10-12-16-38/h10-12,15-16,34-37,39-47,55-56,95,117-118H,8-9,13-14,17-33,71H2,1-7H3,(H2,72,96)(H,79,97)(H,80,107)(H,81,106)(H,82,108)(H,83,113)(H,84,98)(H,85,99)(H,86,100)(H,87,101)(H,88,104)(H,89,112)(H,90,105)(H,91,114)(H,92,109)(H,93,111)(H,94,110)(H,102,103)(H,115,116)(H4,73,74,77)(H4,75,76,78)/t35-,36-,37-,39-,40-,41-,42-,43-,44-,45-,46-,47-,55-,56-/m0/s1. The Bertz CT molecular complexity index is 3640. The summed E-state index contributed by atoms with van der Waals surface area (Å²) in [6.45, 7) is 5.97. The summed E-state index contributed by atoms with van der Waals surface area (Å²) in [4.78, 5) is 251. The summed E-state index contributed by atoms with van der Waals surface area (Å²) < 4.78 is 0. The van der Waals surface area contributed by atoms with Crippen molar-refractivity contribution in [1.82, 2.24) is 95.7 Å². The molecule has 17 amide bonds. The number of thiol groups is 2. The van der Waals surface area contributed by atoms with E-state index in [0.29, 0.717) is 5.56 Å². The minimum atomic E-state index is -1.99. The Morgan fingerprint density at radius 1 is 0.415 bits per heavy atom. The van der Waals surface area contributed by atoms with Crippen LogP contribution in [0, 0.1) is 28.6 Å². The van der Waals surface area contributed by atoms with Gasteiger partial charge in [-0.3, -0.25) is 97.1 Å². The highest BCUT2D eigenvalue weighted by molar-refractivity contribution is 7.80. The molecular formula is C70H116N24O22S2. The highest BCUT2D eigenvalue weighted by Gasteiger charge is 2.38. The van der Waals surface area contributed by atoms with E-state index in [2.05, 4.69) is 121 Å². The van der Waals surface area contributed by atoms with E-state index in [9.17, 15) is 106 Å². The van der Waals surface area contributed by atoms with Gasteiger partial charge in [-0.25, -0.2) is 4.79 Å². The van der Waals surface area contributed by atoms with E-state index >= 15 is 0 Å². The number of amides is 17. The van der Waals surface area contributed by atoms with Crippen molar-refractivity contribution in [2.24, 2.45) is 40.7 Å². The lowest BCUT2D eigenvalue weighted by atomic mass is 9.96. The number of rotatable bonds is 57. The van der Waals surface area contributed by atoms with Crippen LogP contribution in [0.15, 0.2) is 30.3 Å². The number of nitrogens with one attached hydrogen (secondary N) is 20. The molecule has 14 atom stereocenters. The Morgan fingerprint density at radius 3 is 1.28 bits per heavy atom. The molecule has 48 heteroatoms. The molecule has 0 saturated carbocycles. The molecule has 0 fully saturated rings. The molecule has 0 aromatic heterocycles. The normalized spacial score (nSPS) is 14.4. The maximum absolute atomic E-state index is 14.4. The zero-order valence-corrected chi connectivity index (χ0v) is 68.5. The fourth-order valence-corrected chi connectivity index (χ4v) is 11.0. The number of aliphatic hydroxyl groups excluding tert-OH is 1. The second-order valence-electron chi connectivity index (χ2n) is 27.7. The first-order valence-corrected chi connectivity index (χ1v) is 39.0. The van der Waals surface area contributed by atoms with Gasteiger partial charge in [0.05, 0.1) is 51.8 Å². The maximum Gasteiger partial charge on any atom is 0.327 e. The van der Waals surface area contributed by atoms with Crippen molar-refractivity contribution in [1.29, 1.82) is 10.8 Å². The summed E-state index contributed by atoms with van der Waals surface area (Å²) in [6, 6.07) is -9.47. The third-order valence-electron chi connectivity index (χ3n) is 17.5. The molecule has 0 aliphatic heterocycles. The average Bonchev–Trinajstić information content (AvgIpc) is 0.848. The van der Waals surface area contributed by atoms with Crippen LogP contribution in [0.1, 0.15) is 118 Å². The number of carboxylic acid groups (broad SMARTS) is 2. The van der Waals surface area contributed by atoms with Crippen LogP contribution in [0.5, 0.6) is 0 Å². The molecule has 0 spiro atoms. The predicted molar refractivity (Wildman–Crippen MR) is 430 cm³/mol. The van der Waals surface area contributed by atoms with Crippen molar-refractivity contribution in [2.75, 3.05) is 63.9 Å². The number of benzene rings is 1. The number of aliphatic carboxylic acids is 2. The SMILES string of the molecule is CC[C@H](C)[C@H](NC(=O)[C@H](CCCNC(=N)N)NC(=O)[C@H](CC(=O)O)NC(=O)[C@@H](NC(=O)[C@H](CCCNC(=N)N)NC(=O)CNC(=O)CNC(=O)[C@H](Cc1ccccc1)NC(=O)[C@@H](N)CS)[C@@H](C)CC)C(=O)NCC(=O)N[C@@H](C)C(=O)N[C@@H](CCC(N)=O)C(=O)N[C@@H](CO)C(=O)NCC(=O)N[C@@H](CC(C)C)C(=O)NCC(=O)N[C@@H](CS)C(=O)O. The van der Waals surface area contributed by atoms with Gasteiger partial charge in [0.2, 0.25) is 100 Å². The van der Waals surface area contributed by atoms with Crippen LogP contribution in [-0.2, 0) is 97.5 Å². The van der Waals surface area contributed by atoms with Crippen LogP contribution < -0.4 is 119 Å². The molecule has 1 aromatic carbocycles. The van der Waals surface area contributed by atoms with Gasteiger partial charge in [0.15, 0.2) is 11.9 Å². The lowest BCUT2D eigenvalue weighted by Gasteiger charge is -2.29. The number of hydrogen-bond acceptors (Lipinski definition) is 25. The van der Waals surface area contributed by atoms with Crippen LogP contribution in [0.3, 0.4) is 0 Å². The number of carbonyl (C=O) groups excluding carboxylic acids is 17. The van der Waals surface area contributed by atoms with Crippen LogP contribution in [0.25, 0.3) is 0 Å². The Morgan fingerprint density at radius 2 is 0.814 bits per heavy atom. The molecule has 0 saturated heterocycles. The third kappa shape index (κ3) is 42.3. The van der Waals surface area contributed by atoms with Gasteiger partial charge in [-0.15, -0.1) is 0 Å². The van der Waals surface area contributed by atoms with Gasteiger partial charge in [0, 0.05) is 37.4 Å². The highest BCUT2D eigenvalue weighted by Crippen LogP contribution is 2.14. The fourth-order valence-electron chi connectivity index (χ4n) is 10.5. The summed E-state index contributed by atoms with van der Waals surface area (Å²) in [5.41, 5.74) is 22.7. The smallest absolute Gasteiger partial charge is 0.327 e. The number of carbonyl (C=O) groups is 19. The Hall–Kier alpha value is -11.7. The molecule has 118 heavy (non-hydrogen) atoms. The van der Waals surface area contributed by atoms with Crippen molar-refractivity contribution in [3.8, 4) is 0 Å². The van der Waals surface area contributed by atoms with E-state index in [0.717, 1.165) is 6.92 Å². The van der Waals surface area contributed by atoms with Crippen molar-refractivity contribution in [3.63, 3.8) is 0 Å². The van der Waals surface area contributed by atoms with Gasteiger partial charge in [0.1, 0.15) is 66.5 Å². The van der Waals surface area contributed by atoms with Gasteiger partial charge < -0.3 is 134 Å². The molecule has 0 bridgehead atoms. The Balaban J connectivity index is 3.34. The molecule has 31 N–H and O–H groups in total. The van der Waals surface area contributed by atoms with Gasteiger partial charge in [-0.05, 0) is 68.8 Å². The number of nitrogens with two attached hydrogens (primary N) is 4. The number of carboxylic acids is 2. The molecular weight excluding hydrogens is 1590 g/mol. The second-order valence-corrected chi connectivity index (χ2v) is 28.5. The molecule has 0 radical (unpaired) electrons. The third-order valence-corrected chi connectivity index (χ3v) is 18.3. The zero-order chi connectivity index (χ0) is 89.5.